The van der Waals surface area contributed by atoms with Crippen molar-refractivity contribution in [1.82, 2.24) is 0 Å². The minimum atomic E-state index is -0.946. The second-order valence-corrected chi connectivity index (χ2v) is 6.25. The van der Waals surface area contributed by atoms with Gasteiger partial charge in [-0.25, -0.2) is 0 Å². The second kappa shape index (κ2) is 6.92. The number of carboxylic acids is 1. The van der Waals surface area contributed by atoms with Crippen LogP contribution in [0.2, 0.25) is 0 Å². The van der Waals surface area contributed by atoms with Gasteiger partial charge in [0.1, 0.15) is 0 Å². The lowest BCUT2D eigenvalue weighted by Crippen LogP contribution is -2.28. The van der Waals surface area contributed by atoms with Crippen LogP contribution in [-0.4, -0.2) is 29.7 Å². The Morgan fingerprint density at radius 1 is 1.27 bits per heavy atom. The van der Waals surface area contributed by atoms with Crippen molar-refractivity contribution >= 4 is 17.6 Å². The van der Waals surface area contributed by atoms with E-state index in [-0.39, 0.29) is 12.0 Å². The van der Waals surface area contributed by atoms with Gasteiger partial charge in [-0.1, -0.05) is 12.1 Å². The van der Waals surface area contributed by atoms with E-state index in [1.165, 1.54) is 0 Å². The molecule has 1 aromatic carbocycles. The average molecular weight is 305 g/mol. The summed E-state index contributed by atoms with van der Waals surface area (Å²) in [5.74, 6) is -0.948. The first-order valence-electron chi connectivity index (χ1n) is 7.65. The van der Waals surface area contributed by atoms with Gasteiger partial charge >= 0.3 is 5.97 Å². The van der Waals surface area contributed by atoms with Crippen LogP contribution in [0.15, 0.2) is 24.3 Å². The van der Waals surface area contributed by atoms with Gasteiger partial charge in [-0.05, 0) is 50.8 Å². The predicted molar refractivity (Wildman–Crippen MR) is 83.9 cm³/mol. The smallest absolute Gasteiger partial charge is 0.313 e. The molecule has 1 aliphatic heterocycles. The Kier molecular flexibility index (Phi) is 5.19. The Morgan fingerprint density at radius 2 is 1.95 bits per heavy atom. The third-order valence-corrected chi connectivity index (χ3v) is 4.11. The minimum Gasteiger partial charge on any atom is -0.481 e. The van der Waals surface area contributed by atoms with Gasteiger partial charge in [0, 0.05) is 12.3 Å². The Bertz CT molecular complexity index is 530. The Hall–Kier alpha value is -1.88. The maximum atomic E-state index is 12.0. The lowest BCUT2D eigenvalue weighted by atomic mass is 9.85. The molecule has 5 nitrogen and oxygen atoms in total. The monoisotopic (exact) mass is 305 g/mol. The number of benzene rings is 1. The normalized spacial score (nSPS) is 18.7. The highest BCUT2D eigenvalue weighted by Gasteiger charge is 2.29. The summed E-state index contributed by atoms with van der Waals surface area (Å²) in [7, 11) is 0. The lowest BCUT2D eigenvalue weighted by molar-refractivity contribution is -0.142. The van der Waals surface area contributed by atoms with Crippen LogP contribution in [0.1, 0.15) is 45.1 Å². The molecule has 0 aromatic heterocycles. The number of nitrogens with one attached hydrogen (secondary N) is 1. The molecular weight excluding hydrogens is 282 g/mol. The lowest BCUT2D eigenvalue weighted by Gasteiger charge is -2.22. The van der Waals surface area contributed by atoms with Crippen LogP contribution in [0.4, 0.5) is 5.69 Å². The molecule has 2 N–H and O–H groups in total. The SMILES string of the molecule is CC(C)(C(=O)O)c1ccc(NC(=O)CC2CCCCO2)cc1. The summed E-state index contributed by atoms with van der Waals surface area (Å²) in [5.41, 5.74) is 0.428. The number of carboxylic acid groups (broad SMARTS) is 1. The zero-order valence-corrected chi connectivity index (χ0v) is 13.1. The summed E-state index contributed by atoms with van der Waals surface area (Å²) in [5, 5.41) is 12.0. The number of hydrogen-bond donors (Lipinski definition) is 2. The molecular formula is C17H23NO4. The number of ether oxygens (including phenoxy) is 1. The first kappa shape index (κ1) is 16.5. The van der Waals surface area contributed by atoms with Crippen molar-refractivity contribution in [2.45, 2.75) is 51.0 Å². The zero-order chi connectivity index (χ0) is 16.2. The quantitative estimate of drug-likeness (QED) is 0.877. The number of rotatable bonds is 5. The number of anilines is 1. The molecule has 1 heterocycles. The summed E-state index contributed by atoms with van der Waals surface area (Å²) >= 11 is 0. The van der Waals surface area contributed by atoms with Gasteiger partial charge in [0.05, 0.1) is 17.9 Å². The van der Waals surface area contributed by atoms with Crippen molar-refractivity contribution in [3.05, 3.63) is 29.8 Å². The zero-order valence-electron chi connectivity index (χ0n) is 13.1. The molecule has 0 aliphatic carbocycles. The summed E-state index contributed by atoms with van der Waals surface area (Å²) < 4.78 is 5.55. The van der Waals surface area contributed by atoms with Crippen LogP contribution in [0.3, 0.4) is 0 Å². The molecule has 2 rings (SSSR count). The molecule has 22 heavy (non-hydrogen) atoms. The molecule has 1 atom stereocenters. The van der Waals surface area contributed by atoms with Crippen LogP contribution in [0.25, 0.3) is 0 Å². The van der Waals surface area contributed by atoms with Crippen molar-refractivity contribution in [2.75, 3.05) is 11.9 Å². The largest absolute Gasteiger partial charge is 0.481 e. The fourth-order valence-electron chi connectivity index (χ4n) is 2.48. The predicted octanol–water partition coefficient (Wildman–Crippen LogP) is 2.95. The number of carbonyl (C=O) groups excluding carboxylic acids is 1. The minimum absolute atomic E-state index is 0.0129. The van der Waals surface area contributed by atoms with Crippen LogP contribution in [0.5, 0.6) is 0 Å². The summed E-state index contributed by atoms with van der Waals surface area (Å²) in [6, 6.07) is 6.95. The van der Waals surface area contributed by atoms with Crippen LogP contribution in [0, 0.1) is 0 Å². The van der Waals surface area contributed by atoms with E-state index in [0.29, 0.717) is 17.7 Å². The van der Waals surface area contributed by atoms with Crippen LogP contribution >= 0.6 is 0 Å². The van der Waals surface area contributed by atoms with Crippen molar-refractivity contribution in [3.8, 4) is 0 Å². The van der Waals surface area contributed by atoms with Gasteiger partial charge in [0.15, 0.2) is 0 Å². The molecule has 0 radical (unpaired) electrons. The summed E-state index contributed by atoms with van der Waals surface area (Å²) in [6.07, 6.45) is 3.48. The second-order valence-electron chi connectivity index (χ2n) is 6.25. The molecule has 1 fully saturated rings. The third kappa shape index (κ3) is 4.07. The van der Waals surface area contributed by atoms with Gasteiger partial charge in [-0.3, -0.25) is 9.59 Å². The van der Waals surface area contributed by atoms with Crippen LogP contribution in [-0.2, 0) is 19.7 Å². The van der Waals surface area contributed by atoms with Crippen molar-refractivity contribution in [1.29, 1.82) is 0 Å². The van der Waals surface area contributed by atoms with Gasteiger partial charge in [-0.2, -0.15) is 0 Å². The van der Waals surface area contributed by atoms with Gasteiger partial charge < -0.3 is 15.2 Å². The van der Waals surface area contributed by atoms with E-state index in [1.807, 2.05) is 0 Å². The van der Waals surface area contributed by atoms with E-state index in [0.717, 1.165) is 25.9 Å². The first-order valence-corrected chi connectivity index (χ1v) is 7.65. The highest BCUT2D eigenvalue weighted by Crippen LogP contribution is 2.25. The van der Waals surface area contributed by atoms with E-state index in [1.54, 1.807) is 38.1 Å². The molecule has 1 aromatic rings. The van der Waals surface area contributed by atoms with E-state index < -0.39 is 11.4 Å². The van der Waals surface area contributed by atoms with Gasteiger partial charge in [0.25, 0.3) is 0 Å². The topological polar surface area (TPSA) is 75.6 Å². The molecule has 0 saturated carbocycles. The Morgan fingerprint density at radius 3 is 2.50 bits per heavy atom. The third-order valence-electron chi connectivity index (χ3n) is 4.11. The maximum Gasteiger partial charge on any atom is 0.313 e. The fraction of sp³-hybridized carbons (Fsp3) is 0.529. The number of amides is 1. The number of aliphatic carboxylic acids is 1. The molecule has 1 unspecified atom stereocenters. The number of carbonyl (C=O) groups is 2. The highest BCUT2D eigenvalue weighted by molar-refractivity contribution is 5.91. The fourth-order valence-corrected chi connectivity index (χ4v) is 2.48. The molecule has 120 valence electrons. The summed E-state index contributed by atoms with van der Waals surface area (Å²) in [6.45, 7) is 4.05. The first-order chi connectivity index (χ1) is 10.4. The average Bonchev–Trinajstić information content (AvgIpc) is 2.48. The molecule has 1 aliphatic rings. The maximum absolute atomic E-state index is 12.0. The van der Waals surface area contributed by atoms with Gasteiger partial charge in [-0.15, -0.1) is 0 Å². The molecule has 5 heteroatoms. The Balaban J connectivity index is 1.93. The molecule has 1 saturated heterocycles. The van der Waals surface area contributed by atoms with E-state index in [9.17, 15) is 14.7 Å². The van der Waals surface area contributed by atoms with Crippen molar-refractivity contribution in [3.63, 3.8) is 0 Å². The Labute approximate surface area is 130 Å². The highest BCUT2D eigenvalue weighted by atomic mass is 16.5. The van der Waals surface area contributed by atoms with Crippen LogP contribution < -0.4 is 5.32 Å². The van der Waals surface area contributed by atoms with E-state index in [4.69, 9.17) is 4.74 Å². The molecule has 1 amide bonds. The standard InChI is InChI=1S/C17H23NO4/c1-17(2,16(20)21)12-6-8-13(9-7-12)18-15(19)11-14-5-3-4-10-22-14/h6-9,14H,3-5,10-11H2,1-2H3,(H,18,19)(H,20,21). The van der Waals surface area contributed by atoms with Crippen molar-refractivity contribution < 1.29 is 19.4 Å². The van der Waals surface area contributed by atoms with E-state index in [2.05, 4.69) is 5.32 Å². The molecule has 0 spiro atoms. The number of hydrogen-bond acceptors (Lipinski definition) is 3. The van der Waals surface area contributed by atoms with E-state index >= 15 is 0 Å². The molecule has 0 bridgehead atoms. The van der Waals surface area contributed by atoms with Gasteiger partial charge in [0.2, 0.25) is 5.91 Å². The van der Waals surface area contributed by atoms with Crippen molar-refractivity contribution in [2.24, 2.45) is 0 Å². The summed E-state index contributed by atoms with van der Waals surface area (Å²) in [4.78, 5) is 23.2.